The minimum absolute atomic E-state index is 0. The van der Waals surface area contributed by atoms with Gasteiger partial charge >= 0.3 is 23.9 Å². The zero-order chi connectivity index (χ0) is 0. The maximum absolute atomic E-state index is 0. The van der Waals surface area contributed by atoms with E-state index in [1.54, 1.807) is 0 Å². The van der Waals surface area contributed by atoms with Crippen molar-refractivity contribution in [2.75, 3.05) is 0 Å². The fraction of sp³-hybridized carbons (Fsp3) is 0. The molecule has 5 heteroatoms. The number of halogens is 4. The van der Waals surface area contributed by atoms with Gasteiger partial charge in [0.2, 0.25) is 0 Å². The Morgan fingerprint density at radius 1 is 0.600 bits per heavy atom. The molecular formula is H2F4Sn. The smallest absolute Gasteiger partial charge is 1.00 e. The quantitative estimate of drug-likeness (QED) is 0.267. The van der Waals surface area contributed by atoms with E-state index in [2.05, 4.69) is 0 Å². The minimum atomic E-state index is 0. The first-order valence-corrected chi connectivity index (χ1v) is 0. The van der Waals surface area contributed by atoms with E-state index in [4.69, 9.17) is 0 Å². The van der Waals surface area contributed by atoms with E-state index in [-0.39, 0.29) is 42.7 Å². The summed E-state index contributed by atoms with van der Waals surface area (Å²) in [6, 6.07) is 0. The van der Waals surface area contributed by atoms with E-state index in [1.807, 2.05) is 0 Å². The van der Waals surface area contributed by atoms with Gasteiger partial charge in [0.05, 0.1) is 0 Å². The summed E-state index contributed by atoms with van der Waals surface area (Å²) in [7, 11) is 0. The normalized spacial score (nSPS) is 0. The summed E-state index contributed by atoms with van der Waals surface area (Å²) in [5.41, 5.74) is 0. The van der Waals surface area contributed by atoms with Crippen LogP contribution in [-0.2, 0) is 0 Å². The van der Waals surface area contributed by atoms with Crippen molar-refractivity contribution in [2.45, 2.75) is 0 Å². The maximum atomic E-state index is 0. The van der Waals surface area contributed by atoms with Gasteiger partial charge in [-0.3, -0.25) is 9.41 Å². The van der Waals surface area contributed by atoms with Crippen molar-refractivity contribution in [2.24, 2.45) is 0 Å². The number of hydrogen-bond acceptors (Lipinski definition) is 0. The van der Waals surface area contributed by atoms with Gasteiger partial charge in [0.1, 0.15) is 0 Å². The summed E-state index contributed by atoms with van der Waals surface area (Å²) in [5, 5.41) is 0. The van der Waals surface area contributed by atoms with Crippen LogP contribution in [0.15, 0.2) is 0 Å². The molecule has 5 heavy (non-hydrogen) atoms. The largest absolute Gasteiger partial charge is 2.00 e. The van der Waals surface area contributed by atoms with Crippen LogP contribution < -0.4 is 9.41 Å². The van der Waals surface area contributed by atoms with Gasteiger partial charge in [-0.2, -0.15) is 0 Å². The van der Waals surface area contributed by atoms with Gasteiger partial charge in [-0.05, 0) is 0 Å². The topological polar surface area (TPSA) is 0 Å². The Kier molecular flexibility index (Phi) is 17400. The van der Waals surface area contributed by atoms with Crippen molar-refractivity contribution in [1.29, 1.82) is 0 Å². The summed E-state index contributed by atoms with van der Waals surface area (Å²) in [5.74, 6) is 0. The predicted molar refractivity (Wildman–Crippen MR) is 10.8 cm³/mol. The average Bonchev–Trinajstić information content (AvgIpc) is 0. The molecule has 0 amide bonds. The summed E-state index contributed by atoms with van der Waals surface area (Å²) in [6.07, 6.45) is 0. The van der Waals surface area contributed by atoms with Gasteiger partial charge in [-0.25, -0.2) is 0 Å². The van der Waals surface area contributed by atoms with Crippen LogP contribution in [0.1, 0.15) is 0 Å². The molecule has 0 heterocycles. The van der Waals surface area contributed by atoms with E-state index < -0.39 is 0 Å². The zero-order valence-electron chi connectivity index (χ0n) is 2.07. The van der Waals surface area contributed by atoms with E-state index in [0.29, 0.717) is 0 Å². The Morgan fingerprint density at radius 3 is 0.600 bits per heavy atom. The summed E-state index contributed by atoms with van der Waals surface area (Å²) >= 11 is 0. The third-order valence-corrected chi connectivity index (χ3v) is 0. The molecule has 0 aromatic heterocycles. The molecule has 0 aliphatic carbocycles. The second kappa shape index (κ2) is 208. The maximum Gasteiger partial charge on any atom is 2.00 e. The third-order valence-electron chi connectivity index (χ3n) is 0. The summed E-state index contributed by atoms with van der Waals surface area (Å²) in [4.78, 5) is 0. The molecule has 0 aliphatic rings. The van der Waals surface area contributed by atoms with Gasteiger partial charge in [-0.1, -0.05) is 0 Å². The van der Waals surface area contributed by atoms with Crippen LogP contribution in [0.5, 0.6) is 0 Å². The van der Waals surface area contributed by atoms with Crippen LogP contribution in [0, 0.1) is 0 Å². The zero-order valence-corrected chi connectivity index (χ0v) is 4.93. The third kappa shape index (κ3) is 107. The van der Waals surface area contributed by atoms with Gasteiger partial charge in [0, 0.05) is 0 Å². The first-order valence-electron chi connectivity index (χ1n) is 0. The minimum Gasteiger partial charge on any atom is -1.00 e. The molecule has 0 N–H and O–H groups in total. The Bertz CT molecular complexity index is 3.61. The van der Waals surface area contributed by atoms with Crippen molar-refractivity contribution in [1.82, 2.24) is 0 Å². The first kappa shape index (κ1) is 419. The average molecular weight is 197 g/mol. The molecule has 0 saturated carbocycles. The van der Waals surface area contributed by atoms with Crippen molar-refractivity contribution >= 4 is 23.9 Å². The van der Waals surface area contributed by atoms with Crippen LogP contribution >= 0.6 is 0 Å². The van der Waals surface area contributed by atoms with Crippen LogP contribution in [0.2, 0.25) is 0 Å². The molecule has 0 unspecified atom stereocenters. The summed E-state index contributed by atoms with van der Waals surface area (Å²) in [6.45, 7) is 0. The van der Waals surface area contributed by atoms with E-state index in [9.17, 15) is 0 Å². The van der Waals surface area contributed by atoms with Crippen LogP contribution in [0.4, 0.5) is 9.41 Å². The van der Waals surface area contributed by atoms with Gasteiger partial charge in [-0.15, -0.1) is 0 Å². The molecule has 2 radical (unpaired) electrons. The second-order valence-corrected chi connectivity index (χ2v) is 0. The van der Waals surface area contributed by atoms with Crippen molar-refractivity contribution in [3.63, 3.8) is 0 Å². The van der Waals surface area contributed by atoms with Crippen molar-refractivity contribution in [3.05, 3.63) is 0 Å². The number of rotatable bonds is 0. The molecule has 0 bridgehead atoms. The Balaban J connectivity index is 0. The SMILES string of the molecule is F.F.[F-].[F-].[Sn+2]. The van der Waals surface area contributed by atoms with Crippen LogP contribution in [0.25, 0.3) is 0 Å². The first-order chi connectivity index (χ1) is 0. The molecule has 0 aliphatic heterocycles. The van der Waals surface area contributed by atoms with E-state index >= 15 is 0 Å². The van der Waals surface area contributed by atoms with Crippen molar-refractivity contribution < 1.29 is 18.8 Å². The van der Waals surface area contributed by atoms with E-state index in [0.717, 1.165) is 0 Å². The van der Waals surface area contributed by atoms with E-state index in [1.165, 1.54) is 0 Å². The predicted octanol–water partition coefficient (Wildman–Crippen LogP) is -6.07. The fourth-order valence-corrected chi connectivity index (χ4v) is 0. The second-order valence-electron chi connectivity index (χ2n) is 0. The van der Waals surface area contributed by atoms with Gasteiger partial charge in [0.15, 0.2) is 0 Å². The molecular weight excluding hydrogens is 195 g/mol. The molecule has 0 aromatic carbocycles. The monoisotopic (exact) mass is 198 g/mol. The Hall–Kier alpha value is 0.519. The molecule has 0 fully saturated rings. The van der Waals surface area contributed by atoms with Crippen LogP contribution in [-0.4, -0.2) is 23.9 Å². The molecule has 0 saturated heterocycles. The van der Waals surface area contributed by atoms with Crippen molar-refractivity contribution in [3.8, 4) is 0 Å². The van der Waals surface area contributed by atoms with Crippen LogP contribution in [0.3, 0.4) is 0 Å². The number of hydrogen-bond donors (Lipinski definition) is 0. The Morgan fingerprint density at radius 2 is 0.600 bits per heavy atom. The standard InChI is InChI=1S/4FH.Sn/h4*1H;/q;;;;+2/p-2. The fourth-order valence-electron chi connectivity index (χ4n) is 0. The molecule has 34 valence electrons. The summed E-state index contributed by atoms with van der Waals surface area (Å²) < 4.78 is 0. The molecule has 0 spiro atoms. The molecule has 0 aromatic rings. The van der Waals surface area contributed by atoms with Gasteiger partial charge < -0.3 is 9.41 Å². The molecule has 0 atom stereocenters. The Labute approximate surface area is 43.4 Å². The van der Waals surface area contributed by atoms with Gasteiger partial charge in [0.25, 0.3) is 0 Å². The molecule has 0 rings (SSSR count). The molecule has 0 nitrogen and oxygen atoms in total.